The van der Waals surface area contributed by atoms with Crippen LogP contribution in [0.15, 0.2) is 53.7 Å². The average Bonchev–Trinajstić information content (AvgIpc) is 2.46. The molecule has 0 bridgehead atoms. The van der Waals surface area contributed by atoms with E-state index in [1.54, 1.807) is 30.6 Å². The number of nitrogens with one attached hydrogen (secondary N) is 1. The van der Waals surface area contributed by atoms with Gasteiger partial charge in [-0.25, -0.2) is 13.6 Å². The van der Waals surface area contributed by atoms with E-state index in [-0.39, 0.29) is 17.2 Å². The minimum absolute atomic E-state index is 0.0490. The van der Waals surface area contributed by atoms with Gasteiger partial charge >= 0.3 is 0 Å². The summed E-state index contributed by atoms with van der Waals surface area (Å²) < 4.78 is 22.2. The summed E-state index contributed by atoms with van der Waals surface area (Å²) in [4.78, 5) is 15.7. The van der Waals surface area contributed by atoms with Crippen molar-refractivity contribution in [2.24, 2.45) is 5.14 Å². The first-order chi connectivity index (χ1) is 9.95. The first-order valence-electron chi connectivity index (χ1n) is 6.22. The molecule has 0 fully saturated rings. The lowest BCUT2D eigenvalue weighted by molar-refractivity contribution is -0.120. The van der Waals surface area contributed by atoms with E-state index >= 15 is 0 Å². The van der Waals surface area contributed by atoms with E-state index in [1.807, 2.05) is 6.07 Å². The molecular weight excluding hydrogens is 290 g/mol. The lowest BCUT2D eigenvalue weighted by Gasteiger charge is -2.06. The van der Waals surface area contributed by atoms with Crippen molar-refractivity contribution in [2.75, 3.05) is 0 Å². The van der Waals surface area contributed by atoms with Crippen LogP contribution in [0.5, 0.6) is 0 Å². The number of nitrogens with zero attached hydrogens (tertiary/aromatic N) is 1. The topological polar surface area (TPSA) is 102 Å². The molecule has 2 rings (SSSR count). The van der Waals surface area contributed by atoms with Crippen LogP contribution < -0.4 is 10.5 Å². The van der Waals surface area contributed by atoms with Crippen LogP contribution in [0.4, 0.5) is 0 Å². The second-order valence-electron chi connectivity index (χ2n) is 4.50. The number of primary sulfonamides is 1. The first-order valence-corrected chi connectivity index (χ1v) is 7.77. The van der Waals surface area contributed by atoms with E-state index in [0.717, 1.165) is 11.1 Å². The van der Waals surface area contributed by atoms with Crippen molar-refractivity contribution in [1.29, 1.82) is 0 Å². The fraction of sp³-hybridized carbons (Fsp3) is 0.143. The smallest absolute Gasteiger partial charge is 0.238 e. The number of hydrogen-bond donors (Lipinski definition) is 2. The summed E-state index contributed by atoms with van der Waals surface area (Å²) in [6.07, 6.45) is 3.54. The van der Waals surface area contributed by atoms with Gasteiger partial charge in [0.15, 0.2) is 0 Å². The molecule has 1 aromatic heterocycles. The lowest BCUT2D eigenvalue weighted by Crippen LogP contribution is -2.24. The van der Waals surface area contributed by atoms with Crippen LogP contribution in [0.25, 0.3) is 0 Å². The molecule has 0 radical (unpaired) electrons. The zero-order chi connectivity index (χ0) is 15.3. The molecule has 0 aliphatic heterocycles. The summed E-state index contributed by atoms with van der Waals surface area (Å²) in [6, 6.07) is 9.66. The van der Waals surface area contributed by atoms with E-state index in [9.17, 15) is 13.2 Å². The molecule has 1 heterocycles. The van der Waals surface area contributed by atoms with Gasteiger partial charge in [-0.05, 0) is 29.3 Å². The number of carbonyl (C=O) groups excluding carboxylic acids is 1. The molecule has 0 unspecified atom stereocenters. The van der Waals surface area contributed by atoms with Gasteiger partial charge in [-0.3, -0.25) is 9.78 Å². The Morgan fingerprint density at radius 2 is 1.86 bits per heavy atom. The Bertz CT molecular complexity index is 713. The Hall–Kier alpha value is -2.25. The van der Waals surface area contributed by atoms with Crippen LogP contribution in [0.2, 0.25) is 0 Å². The molecule has 0 aliphatic carbocycles. The van der Waals surface area contributed by atoms with Gasteiger partial charge in [0.25, 0.3) is 0 Å². The Balaban J connectivity index is 1.90. The van der Waals surface area contributed by atoms with Crippen LogP contribution >= 0.6 is 0 Å². The third kappa shape index (κ3) is 4.66. The molecule has 21 heavy (non-hydrogen) atoms. The fourth-order valence-corrected chi connectivity index (χ4v) is 2.26. The standard InChI is InChI=1S/C14H15N3O3S/c15-21(19,20)13-5-3-11(4-6-13)10-17-14(18)8-12-2-1-7-16-9-12/h1-7,9H,8,10H2,(H,17,18)(H2,15,19,20). The molecule has 1 amide bonds. The third-order valence-corrected chi connectivity index (χ3v) is 3.76. The number of sulfonamides is 1. The van der Waals surface area contributed by atoms with Crippen molar-refractivity contribution < 1.29 is 13.2 Å². The summed E-state index contributed by atoms with van der Waals surface area (Å²) >= 11 is 0. The highest BCUT2D eigenvalue weighted by Gasteiger charge is 2.07. The summed E-state index contributed by atoms with van der Waals surface area (Å²) in [5.41, 5.74) is 1.63. The Labute approximate surface area is 123 Å². The molecule has 3 N–H and O–H groups in total. The minimum atomic E-state index is -3.69. The van der Waals surface area contributed by atoms with Crippen LogP contribution in [0.1, 0.15) is 11.1 Å². The number of benzene rings is 1. The molecule has 0 saturated carbocycles. The van der Waals surface area contributed by atoms with Crippen LogP contribution in [0.3, 0.4) is 0 Å². The van der Waals surface area contributed by atoms with Gasteiger partial charge in [0.1, 0.15) is 0 Å². The highest BCUT2D eigenvalue weighted by Crippen LogP contribution is 2.08. The molecule has 7 heteroatoms. The second kappa shape index (κ2) is 6.47. The number of hydrogen-bond acceptors (Lipinski definition) is 4. The molecular formula is C14H15N3O3S. The zero-order valence-electron chi connectivity index (χ0n) is 11.2. The van der Waals surface area contributed by atoms with Crippen molar-refractivity contribution in [2.45, 2.75) is 17.9 Å². The second-order valence-corrected chi connectivity index (χ2v) is 6.07. The molecule has 110 valence electrons. The van der Waals surface area contributed by atoms with Crippen LogP contribution in [-0.4, -0.2) is 19.3 Å². The number of amides is 1. The minimum Gasteiger partial charge on any atom is -0.352 e. The summed E-state index contributed by atoms with van der Waals surface area (Å²) in [5, 5.41) is 7.77. The molecule has 1 aromatic carbocycles. The highest BCUT2D eigenvalue weighted by molar-refractivity contribution is 7.89. The summed E-state index contributed by atoms with van der Waals surface area (Å²) in [7, 11) is -3.69. The molecule has 2 aromatic rings. The van der Waals surface area contributed by atoms with Crippen molar-refractivity contribution in [3.63, 3.8) is 0 Å². The largest absolute Gasteiger partial charge is 0.352 e. The maximum Gasteiger partial charge on any atom is 0.238 e. The van der Waals surface area contributed by atoms with Crippen LogP contribution in [0, 0.1) is 0 Å². The maximum atomic E-state index is 11.8. The van der Waals surface area contributed by atoms with Crippen LogP contribution in [-0.2, 0) is 27.8 Å². The first kappa shape index (κ1) is 15.1. The number of pyridine rings is 1. The van der Waals surface area contributed by atoms with Crippen molar-refractivity contribution in [1.82, 2.24) is 10.3 Å². The number of carbonyl (C=O) groups is 1. The number of aromatic nitrogens is 1. The number of rotatable bonds is 5. The monoisotopic (exact) mass is 305 g/mol. The van der Waals surface area contributed by atoms with Gasteiger partial charge in [-0.1, -0.05) is 18.2 Å². The SMILES string of the molecule is NS(=O)(=O)c1ccc(CNC(=O)Cc2cccnc2)cc1. The lowest BCUT2D eigenvalue weighted by atomic mass is 10.2. The Morgan fingerprint density at radius 1 is 1.14 bits per heavy atom. The molecule has 0 atom stereocenters. The quantitative estimate of drug-likeness (QED) is 0.843. The van der Waals surface area contributed by atoms with E-state index in [1.165, 1.54) is 12.1 Å². The van der Waals surface area contributed by atoms with Gasteiger partial charge in [0.2, 0.25) is 15.9 Å². The van der Waals surface area contributed by atoms with Gasteiger partial charge in [0, 0.05) is 18.9 Å². The highest BCUT2D eigenvalue weighted by atomic mass is 32.2. The summed E-state index contributed by atoms with van der Waals surface area (Å²) in [6.45, 7) is 0.323. The Morgan fingerprint density at radius 3 is 2.43 bits per heavy atom. The Kier molecular flexibility index (Phi) is 4.66. The van der Waals surface area contributed by atoms with Gasteiger partial charge in [-0.15, -0.1) is 0 Å². The van der Waals surface area contributed by atoms with Crippen molar-refractivity contribution >= 4 is 15.9 Å². The van der Waals surface area contributed by atoms with Gasteiger partial charge in [-0.2, -0.15) is 0 Å². The predicted molar refractivity (Wildman–Crippen MR) is 77.6 cm³/mol. The average molecular weight is 305 g/mol. The number of nitrogens with two attached hydrogens (primary N) is 1. The summed E-state index contributed by atoms with van der Waals surface area (Å²) in [5.74, 6) is -0.126. The molecule has 6 nitrogen and oxygen atoms in total. The molecule has 0 spiro atoms. The predicted octanol–water partition coefficient (Wildman–Crippen LogP) is 0.588. The zero-order valence-corrected chi connectivity index (χ0v) is 12.0. The van der Waals surface area contributed by atoms with E-state index in [4.69, 9.17) is 5.14 Å². The van der Waals surface area contributed by atoms with Crippen molar-refractivity contribution in [3.05, 3.63) is 59.9 Å². The van der Waals surface area contributed by atoms with Gasteiger partial charge in [0.05, 0.1) is 11.3 Å². The van der Waals surface area contributed by atoms with E-state index in [0.29, 0.717) is 6.54 Å². The normalized spacial score (nSPS) is 11.1. The maximum absolute atomic E-state index is 11.8. The van der Waals surface area contributed by atoms with Crippen molar-refractivity contribution in [3.8, 4) is 0 Å². The van der Waals surface area contributed by atoms with Gasteiger partial charge < -0.3 is 5.32 Å². The van der Waals surface area contributed by atoms with E-state index in [2.05, 4.69) is 10.3 Å². The van der Waals surface area contributed by atoms with E-state index < -0.39 is 10.0 Å². The molecule has 0 saturated heterocycles. The fourth-order valence-electron chi connectivity index (χ4n) is 1.75. The molecule has 0 aliphatic rings. The third-order valence-electron chi connectivity index (χ3n) is 2.83.